The number of amides is 1. The number of rotatable bonds is 5. The lowest BCUT2D eigenvalue weighted by atomic mass is 10.1. The molecule has 0 aliphatic rings. The van der Waals surface area contributed by atoms with Gasteiger partial charge in [0.2, 0.25) is 5.91 Å². The van der Waals surface area contributed by atoms with Crippen LogP contribution < -0.4 is 16.6 Å². The number of hydrogen-bond acceptors (Lipinski definition) is 5. The van der Waals surface area contributed by atoms with Crippen molar-refractivity contribution < 1.29 is 4.79 Å². The van der Waals surface area contributed by atoms with Crippen LogP contribution >= 0.6 is 0 Å². The lowest BCUT2D eigenvalue weighted by Crippen LogP contribution is -2.37. The van der Waals surface area contributed by atoms with Crippen molar-refractivity contribution in [1.82, 2.24) is 28.1 Å². The van der Waals surface area contributed by atoms with Gasteiger partial charge in [-0.3, -0.25) is 23.1 Å². The number of fused-ring (bicyclic) bond motifs is 6. The number of hydrogen-bond donors (Lipinski definition) is 1. The first kappa shape index (κ1) is 22.7. The van der Waals surface area contributed by atoms with Gasteiger partial charge in [-0.15, -0.1) is 0 Å². The number of aromatic nitrogens is 6. The van der Waals surface area contributed by atoms with Gasteiger partial charge in [-0.2, -0.15) is 0 Å². The van der Waals surface area contributed by atoms with E-state index >= 15 is 0 Å². The molecule has 0 spiro atoms. The Labute approximate surface area is 210 Å². The average Bonchev–Trinajstić information content (AvgIpc) is 3.47. The highest BCUT2D eigenvalue weighted by molar-refractivity contribution is 6.16. The minimum Gasteiger partial charge on any atom is -0.325 e. The largest absolute Gasteiger partial charge is 0.332 e. The fraction of sp³-hybridized carbons (Fsp3) is 0.222. The van der Waals surface area contributed by atoms with E-state index in [4.69, 9.17) is 4.98 Å². The zero-order valence-electron chi connectivity index (χ0n) is 20.7. The molecule has 0 radical (unpaired) electrons. The first-order valence-electron chi connectivity index (χ1n) is 12.1. The number of imidazole rings is 1. The second-order valence-electron chi connectivity index (χ2n) is 9.22. The van der Waals surface area contributed by atoms with Crippen LogP contribution in [0.4, 0.5) is 5.69 Å². The van der Waals surface area contributed by atoms with Crippen molar-refractivity contribution >= 4 is 50.1 Å². The number of aryl methyl sites for hydroxylation is 3. The summed E-state index contributed by atoms with van der Waals surface area (Å²) in [5, 5.41) is 5.07. The van der Waals surface area contributed by atoms with Crippen LogP contribution in [0.1, 0.15) is 18.7 Å². The molecule has 1 amide bonds. The SMILES string of the molecule is Cc1nc2ccccc2c2c(NC(=O)CCCn3cnc4c3c(=O)n(C)c(=O)n4C)c3ccccc3n12. The quantitative estimate of drug-likeness (QED) is 0.395. The van der Waals surface area contributed by atoms with Crippen LogP contribution in [0.3, 0.4) is 0 Å². The van der Waals surface area contributed by atoms with Crippen molar-refractivity contribution in [2.45, 2.75) is 26.3 Å². The summed E-state index contributed by atoms with van der Waals surface area (Å²) in [6, 6.07) is 15.9. The Hall–Kier alpha value is -4.73. The molecule has 1 N–H and O–H groups in total. The van der Waals surface area contributed by atoms with Crippen LogP contribution in [0.2, 0.25) is 0 Å². The van der Waals surface area contributed by atoms with E-state index in [1.54, 1.807) is 17.9 Å². The summed E-state index contributed by atoms with van der Waals surface area (Å²) in [4.78, 5) is 47.0. The van der Waals surface area contributed by atoms with Gasteiger partial charge in [-0.25, -0.2) is 14.8 Å². The van der Waals surface area contributed by atoms with Gasteiger partial charge in [-0.1, -0.05) is 36.4 Å². The van der Waals surface area contributed by atoms with Crippen LogP contribution in [0.15, 0.2) is 64.4 Å². The highest BCUT2D eigenvalue weighted by atomic mass is 16.2. The summed E-state index contributed by atoms with van der Waals surface area (Å²) in [7, 11) is 3.03. The Morgan fingerprint density at radius 3 is 2.49 bits per heavy atom. The summed E-state index contributed by atoms with van der Waals surface area (Å²) >= 11 is 0. The number of para-hydroxylation sites is 2. The van der Waals surface area contributed by atoms with Crippen molar-refractivity contribution in [2.24, 2.45) is 14.1 Å². The lowest BCUT2D eigenvalue weighted by Gasteiger charge is -2.09. The first-order valence-corrected chi connectivity index (χ1v) is 12.1. The third kappa shape index (κ3) is 3.44. The number of nitrogens with one attached hydrogen (secondary N) is 1. The lowest BCUT2D eigenvalue weighted by molar-refractivity contribution is -0.116. The molecule has 0 saturated heterocycles. The number of anilines is 1. The minimum absolute atomic E-state index is 0.124. The predicted molar refractivity (Wildman–Crippen MR) is 143 cm³/mol. The van der Waals surface area contributed by atoms with Crippen molar-refractivity contribution in [1.29, 1.82) is 0 Å². The number of carbonyl (C=O) groups is 1. The molecule has 10 nitrogen and oxygen atoms in total. The predicted octanol–water partition coefficient (Wildman–Crippen LogP) is 3.12. The van der Waals surface area contributed by atoms with Gasteiger partial charge in [0.1, 0.15) is 5.82 Å². The van der Waals surface area contributed by atoms with Gasteiger partial charge >= 0.3 is 5.69 Å². The maximum Gasteiger partial charge on any atom is 0.332 e. The number of carbonyl (C=O) groups excluding carboxylic acids is 1. The molecule has 0 saturated carbocycles. The van der Waals surface area contributed by atoms with Gasteiger partial charge in [0.25, 0.3) is 5.56 Å². The maximum atomic E-state index is 13.2. The van der Waals surface area contributed by atoms with E-state index in [-0.39, 0.29) is 12.3 Å². The Balaban J connectivity index is 1.32. The van der Waals surface area contributed by atoms with E-state index in [0.29, 0.717) is 24.1 Å². The zero-order valence-corrected chi connectivity index (χ0v) is 20.7. The topological polar surface area (TPSA) is 108 Å². The molecule has 10 heteroatoms. The summed E-state index contributed by atoms with van der Waals surface area (Å²) in [6.45, 7) is 2.38. The molecule has 6 aromatic rings. The van der Waals surface area contributed by atoms with Crippen LogP contribution in [0, 0.1) is 6.92 Å². The van der Waals surface area contributed by atoms with Crippen LogP contribution in [0.5, 0.6) is 0 Å². The second kappa shape index (κ2) is 8.44. The Bertz CT molecular complexity index is 1990. The fourth-order valence-corrected chi connectivity index (χ4v) is 5.13. The first-order chi connectivity index (χ1) is 17.9. The summed E-state index contributed by atoms with van der Waals surface area (Å²) in [5.41, 5.74) is 3.39. The fourth-order valence-electron chi connectivity index (χ4n) is 5.13. The average molecular weight is 496 g/mol. The molecule has 0 fully saturated rings. The Morgan fingerprint density at radius 1 is 0.946 bits per heavy atom. The van der Waals surface area contributed by atoms with E-state index < -0.39 is 11.2 Å². The summed E-state index contributed by atoms with van der Waals surface area (Å²) < 4.78 is 6.21. The summed E-state index contributed by atoms with van der Waals surface area (Å²) in [6.07, 6.45) is 2.29. The molecule has 6 rings (SSSR count). The van der Waals surface area contributed by atoms with Crippen LogP contribution in [-0.4, -0.2) is 34.0 Å². The summed E-state index contributed by atoms with van der Waals surface area (Å²) in [5.74, 6) is 0.717. The molecule has 0 unspecified atom stereocenters. The van der Waals surface area contributed by atoms with E-state index in [0.717, 1.165) is 43.4 Å². The van der Waals surface area contributed by atoms with Crippen molar-refractivity contribution in [2.75, 3.05) is 5.32 Å². The van der Waals surface area contributed by atoms with Gasteiger partial charge in [0.05, 0.1) is 28.6 Å². The molecule has 0 aliphatic heterocycles. The smallest absolute Gasteiger partial charge is 0.325 e. The third-order valence-corrected chi connectivity index (χ3v) is 6.92. The van der Waals surface area contributed by atoms with Crippen molar-refractivity contribution in [3.63, 3.8) is 0 Å². The molecular formula is C27H25N7O3. The van der Waals surface area contributed by atoms with E-state index in [2.05, 4.69) is 14.7 Å². The number of nitrogens with zero attached hydrogens (tertiary/aromatic N) is 6. The molecular weight excluding hydrogens is 470 g/mol. The molecule has 0 atom stereocenters. The zero-order chi connectivity index (χ0) is 25.8. The van der Waals surface area contributed by atoms with Crippen LogP contribution in [0.25, 0.3) is 38.5 Å². The van der Waals surface area contributed by atoms with E-state index in [1.807, 2.05) is 55.5 Å². The molecule has 0 aliphatic carbocycles. The van der Waals surface area contributed by atoms with Gasteiger partial charge < -0.3 is 9.88 Å². The molecule has 2 aromatic carbocycles. The normalized spacial score (nSPS) is 11.8. The van der Waals surface area contributed by atoms with Gasteiger partial charge in [-0.05, 0) is 25.5 Å². The van der Waals surface area contributed by atoms with Gasteiger partial charge in [0, 0.05) is 37.8 Å². The second-order valence-corrected chi connectivity index (χ2v) is 9.22. The highest BCUT2D eigenvalue weighted by Gasteiger charge is 2.19. The Kier molecular flexibility index (Phi) is 5.18. The number of benzene rings is 2. The molecule has 4 aromatic heterocycles. The standard InChI is InChI=1S/C27H25N7O3/c1-16-29-19-11-6-4-9-17(19)23-22(18-10-5-7-12-20(18)34(16)23)30-21(35)13-8-14-33-15-28-25-24(33)26(36)32(3)27(37)31(25)2/h4-7,9-12,15H,8,13-14H2,1-3H3,(H,30,35). The van der Waals surface area contributed by atoms with E-state index in [9.17, 15) is 14.4 Å². The third-order valence-electron chi connectivity index (χ3n) is 6.92. The molecule has 37 heavy (non-hydrogen) atoms. The van der Waals surface area contributed by atoms with E-state index in [1.165, 1.54) is 11.6 Å². The molecule has 0 bridgehead atoms. The minimum atomic E-state index is -0.424. The van der Waals surface area contributed by atoms with Crippen molar-refractivity contribution in [3.8, 4) is 0 Å². The van der Waals surface area contributed by atoms with Crippen LogP contribution in [-0.2, 0) is 25.4 Å². The molecule has 4 heterocycles. The monoisotopic (exact) mass is 495 g/mol. The Morgan fingerprint density at radius 2 is 1.68 bits per heavy atom. The highest BCUT2D eigenvalue weighted by Crippen LogP contribution is 2.36. The maximum absolute atomic E-state index is 13.2. The van der Waals surface area contributed by atoms with Crippen molar-refractivity contribution in [3.05, 3.63) is 81.5 Å². The molecule has 186 valence electrons. The van der Waals surface area contributed by atoms with Gasteiger partial charge in [0.15, 0.2) is 11.2 Å².